The second-order valence-corrected chi connectivity index (χ2v) is 7.66. The van der Waals surface area contributed by atoms with Gasteiger partial charge in [0.25, 0.3) is 0 Å². The highest BCUT2D eigenvalue weighted by Crippen LogP contribution is 2.23. The van der Waals surface area contributed by atoms with E-state index in [1.165, 1.54) is 4.31 Å². The predicted octanol–water partition coefficient (Wildman–Crippen LogP) is 3.53. The van der Waals surface area contributed by atoms with Gasteiger partial charge in [0.05, 0.1) is 11.5 Å². The average molecular weight is 347 g/mol. The number of sulfonamides is 1. The molecular formula is C19H25NO3S. The lowest BCUT2D eigenvalue weighted by atomic mass is 10.1. The van der Waals surface area contributed by atoms with Gasteiger partial charge in [0.15, 0.2) is 0 Å². The van der Waals surface area contributed by atoms with Crippen LogP contribution in [0.2, 0.25) is 0 Å². The number of benzene rings is 2. The third kappa shape index (κ3) is 4.66. The Labute approximate surface area is 144 Å². The van der Waals surface area contributed by atoms with Crippen LogP contribution in [0.5, 0.6) is 0 Å². The molecule has 1 N–H and O–H groups in total. The summed E-state index contributed by atoms with van der Waals surface area (Å²) in [6.07, 6.45) is 2.81. The minimum Gasteiger partial charge on any atom is -0.395 e. The van der Waals surface area contributed by atoms with Crippen LogP contribution in [0.15, 0.2) is 59.5 Å². The fraction of sp³-hybridized carbons (Fsp3) is 0.368. The first-order valence-corrected chi connectivity index (χ1v) is 9.80. The number of hydrogen-bond acceptors (Lipinski definition) is 3. The molecule has 0 saturated carbocycles. The van der Waals surface area contributed by atoms with Crippen LogP contribution in [-0.4, -0.2) is 37.5 Å². The highest BCUT2D eigenvalue weighted by Gasteiger charge is 2.23. The fourth-order valence-corrected chi connectivity index (χ4v) is 4.07. The third-order valence-electron chi connectivity index (χ3n) is 3.96. The lowest BCUT2D eigenvalue weighted by molar-refractivity contribution is 0.252. The number of nitrogens with zero attached hydrogens (tertiary/aromatic N) is 1. The zero-order valence-corrected chi connectivity index (χ0v) is 14.9. The van der Waals surface area contributed by atoms with Crippen molar-refractivity contribution in [2.24, 2.45) is 0 Å². The molecule has 0 amide bonds. The molecule has 0 radical (unpaired) electrons. The molecule has 0 heterocycles. The summed E-state index contributed by atoms with van der Waals surface area (Å²) in [5, 5.41) is 9.19. The third-order valence-corrected chi connectivity index (χ3v) is 5.87. The van der Waals surface area contributed by atoms with Gasteiger partial charge in [-0.1, -0.05) is 62.2 Å². The van der Waals surface area contributed by atoms with Crippen LogP contribution in [0.1, 0.15) is 26.2 Å². The largest absolute Gasteiger partial charge is 0.395 e. The van der Waals surface area contributed by atoms with Crippen LogP contribution in [0.3, 0.4) is 0 Å². The summed E-state index contributed by atoms with van der Waals surface area (Å²) in [4.78, 5) is 0.270. The van der Waals surface area contributed by atoms with Crippen LogP contribution >= 0.6 is 0 Å². The van der Waals surface area contributed by atoms with Gasteiger partial charge in [0, 0.05) is 13.1 Å². The van der Waals surface area contributed by atoms with Crippen molar-refractivity contribution in [3.63, 3.8) is 0 Å². The van der Waals surface area contributed by atoms with E-state index in [-0.39, 0.29) is 18.0 Å². The van der Waals surface area contributed by atoms with Crippen molar-refractivity contribution in [3.05, 3.63) is 54.6 Å². The van der Waals surface area contributed by atoms with E-state index in [0.29, 0.717) is 6.54 Å². The maximum atomic E-state index is 12.8. The standard InChI is InChI=1S/C19H25NO3S/c1-2-3-7-14-20(15-16-21)24(22,23)19-12-10-18(11-13-19)17-8-5-4-6-9-17/h4-6,8-13,21H,2-3,7,14-16H2,1H3. The fourth-order valence-electron chi connectivity index (χ4n) is 2.60. The molecule has 130 valence electrons. The SMILES string of the molecule is CCCCCN(CCO)S(=O)(=O)c1ccc(-c2ccccc2)cc1. The molecule has 0 aliphatic carbocycles. The number of unbranched alkanes of at least 4 members (excludes halogenated alkanes) is 2. The highest BCUT2D eigenvalue weighted by atomic mass is 32.2. The van der Waals surface area contributed by atoms with E-state index in [1.54, 1.807) is 12.1 Å². The zero-order valence-electron chi connectivity index (χ0n) is 14.1. The second kappa shape index (κ2) is 8.97. The zero-order chi connectivity index (χ0) is 17.4. The molecule has 4 nitrogen and oxygen atoms in total. The molecule has 0 fully saturated rings. The molecule has 24 heavy (non-hydrogen) atoms. The quantitative estimate of drug-likeness (QED) is 0.706. The molecule has 0 bridgehead atoms. The van der Waals surface area contributed by atoms with Gasteiger partial charge < -0.3 is 5.11 Å². The Morgan fingerprint density at radius 3 is 2.08 bits per heavy atom. The van der Waals surface area contributed by atoms with Gasteiger partial charge in [-0.25, -0.2) is 8.42 Å². The Morgan fingerprint density at radius 1 is 0.875 bits per heavy atom. The number of aliphatic hydroxyl groups excluding tert-OH is 1. The first-order valence-electron chi connectivity index (χ1n) is 8.36. The topological polar surface area (TPSA) is 57.6 Å². The van der Waals surface area contributed by atoms with Crippen LogP contribution in [0.25, 0.3) is 11.1 Å². The van der Waals surface area contributed by atoms with E-state index in [4.69, 9.17) is 0 Å². The highest BCUT2D eigenvalue weighted by molar-refractivity contribution is 7.89. The van der Waals surface area contributed by atoms with Gasteiger partial charge in [-0.3, -0.25) is 0 Å². The van der Waals surface area contributed by atoms with Crippen molar-refractivity contribution < 1.29 is 13.5 Å². The summed E-state index contributed by atoms with van der Waals surface area (Å²) in [5.41, 5.74) is 2.03. The van der Waals surface area contributed by atoms with E-state index < -0.39 is 10.0 Å². The summed E-state index contributed by atoms with van der Waals surface area (Å²) < 4.78 is 26.9. The van der Waals surface area contributed by atoms with Crippen LogP contribution in [0.4, 0.5) is 0 Å². The molecule has 0 atom stereocenters. The molecular weight excluding hydrogens is 322 g/mol. The normalized spacial score (nSPS) is 11.8. The van der Waals surface area contributed by atoms with Gasteiger partial charge in [-0.2, -0.15) is 4.31 Å². The molecule has 5 heteroatoms. The predicted molar refractivity (Wildman–Crippen MR) is 97.2 cm³/mol. The van der Waals surface area contributed by atoms with Gasteiger partial charge >= 0.3 is 0 Å². The molecule has 0 saturated heterocycles. The number of rotatable bonds is 9. The Bertz CT molecular complexity index is 712. The molecule has 0 aromatic heterocycles. The first kappa shape index (κ1) is 18.6. The van der Waals surface area contributed by atoms with Gasteiger partial charge in [-0.05, 0) is 29.7 Å². The van der Waals surface area contributed by atoms with Crippen molar-refractivity contribution in [1.29, 1.82) is 0 Å². The summed E-state index contributed by atoms with van der Waals surface area (Å²) in [7, 11) is -3.57. The Balaban J connectivity index is 2.20. The first-order chi connectivity index (χ1) is 11.6. The van der Waals surface area contributed by atoms with Crippen LogP contribution in [-0.2, 0) is 10.0 Å². The Morgan fingerprint density at radius 2 is 1.50 bits per heavy atom. The monoisotopic (exact) mass is 347 g/mol. The van der Waals surface area contributed by atoms with Gasteiger partial charge in [-0.15, -0.1) is 0 Å². The Hall–Kier alpha value is -1.69. The molecule has 2 aromatic rings. The van der Waals surface area contributed by atoms with Crippen molar-refractivity contribution in [2.75, 3.05) is 19.7 Å². The number of aliphatic hydroxyl groups is 1. The number of hydrogen-bond donors (Lipinski definition) is 1. The summed E-state index contributed by atoms with van der Waals surface area (Å²) in [5.74, 6) is 0. The summed E-state index contributed by atoms with van der Waals surface area (Å²) >= 11 is 0. The van der Waals surface area contributed by atoms with Crippen molar-refractivity contribution in [1.82, 2.24) is 4.31 Å². The van der Waals surface area contributed by atoms with Gasteiger partial charge in [0.2, 0.25) is 10.0 Å². The summed E-state index contributed by atoms with van der Waals surface area (Å²) in [6.45, 7) is 2.48. The van der Waals surface area contributed by atoms with E-state index in [9.17, 15) is 13.5 Å². The molecule has 0 unspecified atom stereocenters. The summed E-state index contributed by atoms with van der Waals surface area (Å²) in [6, 6.07) is 16.8. The second-order valence-electron chi connectivity index (χ2n) is 5.73. The van der Waals surface area contributed by atoms with Crippen LogP contribution < -0.4 is 0 Å². The molecule has 2 rings (SSSR count). The maximum Gasteiger partial charge on any atom is 0.243 e. The van der Waals surface area contributed by atoms with Crippen molar-refractivity contribution in [2.45, 2.75) is 31.1 Å². The minimum absolute atomic E-state index is 0.131. The molecule has 0 aliphatic heterocycles. The Kier molecular flexibility index (Phi) is 6.97. The minimum atomic E-state index is -3.57. The molecule has 0 aliphatic rings. The molecule has 0 spiro atoms. The average Bonchev–Trinajstić information content (AvgIpc) is 2.62. The lowest BCUT2D eigenvalue weighted by Crippen LogP contribution is -2.34. The van der Waals surface area contributed by atoms with E-state index in [2.05, 4.69) is 6.92 Å². The lowest BCUT2D eigenvalue weighted by Gasteiger charge is -2.21. The molecule has 2 aromatic carbocycles. The van der Waals surface area contributed by atoms with Crippen molar-refractivity contribution in [3.8, 4) is 11.1 Å². The van der Waals surface area contributed by atoms with E-state index in [0.717, 1.165) is 30.4 Å². The maximum absolute atomic E-state index is 12.8. The van der Waals surface area contributed by atoms with Gasteiger partial charge in [0.1, 0.15) is 0 Å². The van der Waals surface area contributed by atoms with Crippen molar-refractivity contribution >= 4 is 10.0 Å². The van der Waals surface area contributed by atoms with Crippen LogP contribution in [0, 0.1) is 0 Å². The smallest absolute Gasteiger partial charge is 0.243 e. The van der Waals surface area contributed by atoms with E-state index in [1.807, 2.05) is 42.5 Å². The van der Waals surface area contributed by atoms with E-state index >= 15 is 0 Å².